The molecule has 2 rings (SSSR count). The zero-order valence-corrected chi connectivity index (χ0v) is 14.3. The fourth-order valence-electron chi connectivity index (χ4n) is 2.31. The summed E-state index contributed by atoms with van der Waals surface area (Å²) in [6, 6.07) is 10.8. The van der Waals surface area contributed by atoms with Crippen LogP contribution in [-0.2, 0) is 11.8 Å². The highest BCUT2D eigenvalue weighted by Crippen LogP contribution is 2.27. The van der Waals surface area contributed by atoms with Crippen LogP contribution >= 0.6 is 11.3 Å². The summed E-state index contributed by atoms with van der Waals surface area (Å²) in [7, 11) is 0. The second kappa shape index (κ2) is 7.19. The number of rotatable bonds is 6. The van der Waals surface area contributed by atoms with E-state index in [9.17, 15) is 0 Å². The Kier molecular flexibility index (Phi) is 5.54. The maximum absolute atomic E-state index is 4.85. The van der Waals surface area contributed by atoms with Gasteiger partial charge in [-0.05, 0) is 12.1 Å². The molecule has 0 bridgehead atoms. The zero-order valence-electron chi connectivity index (χ0n) is 13.5. The van der Waals surface area contributed by atoms with E-state index in [1.165, 1.54) is 16.3 Å². The lowest BCUT2D eigenvalue weighted by molar-refractivity contribution is 0.563. The molecule has 0 aliphatic heterocycles. The van der Waals surface area contributed by atoms with Crippen molar-refractivity contribution in [3.63, 3.8) is 0 Å². The molecule has 0 fully saturated rings. The molecule has 0 saturated carbocycles. The van der Waals surface area contributed by atoms with Crippen molar-refractivity contribution in [2.24, 2.45) is 0 Å². The van der Waals surface area contributed by atoms with Crippen molar-refractivity contribution >= 4 is 11.3 Å². The van der Waals surface area contributed by atoms with Gasteiger partial charge in [-0.3, -0.25) is 0 Å². The van der Waals surface area contributed by atoms with Crippen LogP contribution in [0.25, 0.3) is 0 Å². The number of hydrogen-bond donors (Lipinski definition) is 1. The fourth-order valence-corrected chi connectivity index (χ4v) is 3.41. The summed E-state index contributed by atoms with van der Waals surface area (Å²) >= 11 is 1.79. The van der Waals surface area contributed by atoms with Crippen molar-refractivity contribution in [1.82, 2.24) is 10.3 Å². The summed E-state index contributed by atoms with van der Waals surface area (Å²) in [5.74, 6) is 0.491. The van der Waals surface area contributed by atoms with E-state index in [1.807, 2.05) is 0 Å². The number of aromatic nitrogens is 1. The Hall–Kier alpha value is -1.19. The molecule has 21 heavy (non-hydrogen) atoms. The number of benzene rings is 1. The summed E-state index contributed by atoms with van der Waals surface area (Å²) in [6.45, 7) is 10.8. The minimum Gasteiger partial charge on any atom is -0.316 e. The molecular formula is C18H26N2S. The highest BCUT2D eigenvalue weighted by molar-refractivity contribution is 7.09. The Labute approximate surface area is 132 Å². The van der Waals surface area contributed by atoms with Gasteiger partial charge in [-0.25, -0.2) is 4.98 Å². The Balaban J connectivity index is 2.13. The molecule has 1 N–H and O–H groups in total. The molecule has 0 saturated heterocycles. The summed E-state index contributed by atoms with van der Waals surface area (Å²) < 4.78 is 0. The third kappa shape index (κ3) is 4.65. The maximum Gasteiger partial charge on any atom is 0.0935 e. The van der Waals surface area contributed by atoms with Gasteiger partial charge in [0.2, 0.25) is 0 Å². The Morgan fingerprint density at radius 1 is 1.19 bits per heavy atom. The Morgan fingerprint density at radius 3 is 2.48 bits per heavy atom. The third-order valence-electron chi connectivity index (χ3n) is 3.65. The first kappa shape index (κ1) is 16.2. The van der Waals surface area contributed by atoms with Gasteiger partial charge in [-0.15, -0.1) is 11.3 Å². The van der Waals surface area contributed by atoms with Gasteiger partial charge in [0.05, 0.1) is 10.7 Å². The van der Waals surface area contributed by atoms with E-state index in [0.717, 1.165) is 19.5 Å². The normalized spacial score (nSPS) is 13.3. The summed E-state index contributed by atoms with van der Waals surface area (Å²) in [6.07, 6.45) is 1.01. The number of nitrogens with zero attached hydrogens (tertiary/aromatic N) is 1. The molecular weight excluding hydrogens is 276 g/mol. The van der Waals surface area contributed by atoms with Crippen LogP contribution in [0.15, 0.2) is 35.7 Å². The van der Waals surface area contributed by atoms with E-state index in [0.29, 0.717) is 5.92 Å². The monoisotopic (exact) mass is 302 g/mol. The van der Waals surface area contributed by atoms with E-state index >= 15 is 0 Å². The number of nitrogens with one attached hydrogen (secondary N) is 1. The smallest absolute Gasteiger partial charge is 0.0935 e. The van der Waals surface area contributed by atoms with E-state index < -0.39 is 0 Å². The topological polar surface area (TPSA) is 24.9 Å². The van der Waals surface area contributed by atoms with Gasteiger partial charge in [-0.1, -0.05) is 58.0 Å². The van der Waals surface area contributed by atoms with Crippen molar-refractivity contribution in [3.05, 3.63) is 52.0 Å². The Bertz CT molecular complexity index is 540. The molecule has 1 aromatic carbocycles. The molecule has 0 amide bonds. The van der Waals surface area contributed by atoms with Crippen LogP contribution in [-0.4, -0.2) is 18.1 Å². The largest absolute Gasteiger partial charge is 0.316 e. The molecule has 0 spiro atoms. The minimum atomic E-state index is 0.138. The highest BCUT2D eigenvalue weighted by Gasteiger charge is 2.19. The quantitative estimate of drug-likeness (QED) is 0.856. The maximum atomic E-state index is 4.85. The lowest BCUT2D eigenvalue weighted by atomic mass is 9.93. The standard InChI is InChI=1S/C18H26N2S/c1-5-19-12-15(14-9-7-6-8-10-14)11-17-20-16(13-21-17)18(2,3)4/h6-10,13,15,19H,5,11-12H2,1-4H3. The number of hydrogen-bond acceptors (Lipinski definition) is 3. The predicted octanol–water partition coefficient (Wildman–Crippen LogP) is 4.38. The second-order valence-corrected chi connectivity index (χ2v) is 7.44. The Morgan fingerprint density at radius 2 is 1.90 bits per heavy atom. The van der Waals surface area contributed by atoms with Crippen molar-refractivity contribution in [2.75, 3.05) is 13.1 Å². The molecule has 0 radical (unpaired) electrons. The van der Waals surface area contributed by atoms with Gasteiger partial charge in [-0.2, -0.15) is 0 Å². The van der Waals surface area contributed by atoms with Crippen LogP contribution in [0, 0.1) is 0 Å². The van der Waals surface area contributed by atoms with Gasteiger partial charge in [0.15, 0.2) is 0 Å². The number of thiazole rings is 1. The lowest BCUT2D eigenvalue weighted by Gasteiger charge is -2.17. The highest BCUT2D eigenvalue weighted by atomic mass is 32.1. The summed E-state index contributed by atoms with van der Waals surface area (Å²) in [5, 5.41) is 6.94. The van der Waals surface area contributed by atoms with Crippen molar-refractivity contribution < 1.29 is 0 Å². The summed E-state index contributed by atoms with van der Waals surface area (Å²) in [4.78, 5) is 4.85. The van der Waals surface area contributed by atoms with E-state index in [2.05, 4.69) is 68.7 Å². The van der Waals surface area contributed by atoms with Crippen LogP contribution in [0.3, 0.4) is 0 Å². The van der Waals surface area contributed by atoms with Gasteiger partial charge in [0.25, 0.3) is 0 Å². The molecule has 0 aliphatic rings. The molecule has 0 aliphatic carbocycles. The molecule has 1 atom stereocenters. The SMILES string of the molecule is CCNCC(Cc1nc(C(C)(C)C)cs1)c1ccccc1. The zero-order chi connectivity index (χ0) is 15.3. The average molecular weight is 302 g/mol. The second-order valence-electron chi connectivity index (χ2n) is 6.50. The van der Waals surface area contributed by atoms with E-state index in [1.54, 1.807) is 11.3 Å². The van der Waals surface area contributed by atoms with Crippen LogP contribution in [0.2, 0.25) is 0 Å². The van der Waals surface area contributed by atoms with Crippen LogP contribution in [0.1, 0.15) is 49.9 Å². The van der Waals surface area contributed by atoms with Gasteiger partial charge in [0, 0.05) is 29.7 Å². The first-order chi connectivity index (χ1) is 10.0. The van der Waals surface area contributed by atoms with Crippen molar-refractivity contribution in [2.45, 2.75) is 45.4 Å². The predicted molar refractivity (Wildman–Crippen MR) is 92.2 cm³/mol. The molecule has 1 heterocycles. The average Bonchev–Trinajstić information content (AvgIpc) is 2.93. The van der Waals surface area contributed by atoms with Crippen LogP contribution in [0.4, 0.5) is 0 Å². The summed E-state index contributed by atoms with van der Waals surface area (Å²) in [5.41, 5.74) is 2.74. The molecule has 1 aromatic heterocycles. The molecule has 1 unspecified atom stereocenters. The lowest BCUT2D eigenvalue weighted by Crippen LogP contribution is -2.22. The van der Waals surface area contributed by atoms with E-state index in [-0.39, 0.29) is 5.41 Å². The van der Waals surface area contributed by atoms with Crippen LogP contribution < -0.4 is 5.32 Å². The van der Waals surface area contributed by atoms with Gasteiger partial charge >= 0.3 is 0 Å². The molecule has 2 aromatic rings. The van der Waals surface area contributed by atoms with Gasteiger partial charge in [0.1, 0.15) is 0 Å². The fraction of sp³-hybridized carbons (Fsp3) is 0.500. The molecule has 3 heteroatoms. The third-order valence-corrected chi connectivity index (χ3v) is 4.52. The minimum absolute atomic E-state index is 0.138. The van der Waals surface area contributed by atoms with Crippen molar-refractivity contribution in [3.8, 4) is 0 Å². The number of likely N-dealkylation sites (N-methyl/N-ethyl adjacent to an activating group) is 1. The van der Waals surface area contributed by atoms with Crippen molar-refractivity contribution in [1.29, 1.82) is 0 Å². The van der Waals surface area contributed by atoms with Crippen LogP contribution in [0.5, 0.6) is 0 Å². The molecule has 114 valence electrons. The van der Waals surface area contributed by atoms with E-state index in [4.69, 9.17) is 4.98 Å². The first-order valence-electron chi connectivity index (χ1n) is 7.71. The molecule has 2 nitrogen and oxygen atoms in total. The first-order valence-corrected chi connectivity index (χ1v) is 8.59. The van der Waals surface area contributed by atoms with Gasteiger partial charge < -0.3 is 5.32 Å².